The molecule has 0 unspecified atom stereocenters. The van der Waals surface area contributed by atoms with Crippen LogP contribution in [0.2, 0.25) is 10.0 Å². The predicted octanol–water partition coefficient (Wildman–Crippen LogP) is 5.94. The Labute approximate surface area is 195 Å². The number of nitrogens with zero attached hydrogens (tertiary/aromatic N) is 4. The molecule has 1 N–H and O–H groups in total. The van der Waals surface area contributed by atoms with Crippen molar-refractivity contribution in [2.45, 2.75) is 20.8 Å². The van der Waals surface area contributed by atoms with E-state index in [1.54, 1.807) is 55.7 Å². The average Bonchev–Trinajstić information content (AvgIpc) is 3.07. The van der Waals surface area contributed by atoms with Gasteiger partial charge in [-0.15, -0.1) is 0 Å². The van der Waals surface area contributed by atoms with Gasteiger partial charge in [-0.2, -0.15) is 4.98 Å². The molecule has 32 heavy (non-hydrogen) atoms. The van der Waals surface area contributed by atoms with Crippen molar-refractivity contribution in [1.29, 1.82) is 0 Å². The molecule has 4 aromatic rings. The number of carbonyl (C=O) groups excluding carboxylic acids is 1. The number of imidazole rings is 1. The molecule has 4 rings (SSSR count). The lowest BCUT2D eigenvalue weighted by atomic mass is 10.2. The standard InChI is InChI=1S/C23H19Cl2N5O2/c1-13-14(2)30(12-26-13)21-11-22(28-15(3)27-21)32-18-7-5-17(6-8-18)29-23(31)19-9-4-16(24)10-20(19)25/h4-12H,1-3H3,(H,29,31). The molecule has 0 bridgehead atoms. The zero-order valence-electron chi connectivity index (χ0n) is 17.6. The number of nitrogens with one attached hydrogen (secondary N) is 1. The van der Waals surface area contributed by atoms with Gasteiger partial charge in [-0.3, -0.25) is 9.36 Å². The first-order valence-electron chi connectivity index (χ1n) is 9.71. The normalized spacial score (nSPS) is 10.8. The number of aryl methyl sites for hydroxylation is 2. The van der Waals surface area contributed by atoms with E-state index in [0.29, 0.717) is 39.5 Å². The Bertz CT molecular complexity index is 1300. The second kappa shape index (κ2) is 8.98. The Morgan fingerprint density at radius 3 is 2.41 bits per heavy atom. The number of amides is 1. The van der Waals surface area contributed by atoms with Gasteiger partial charge in [0, 0.05) is 22.5 Å². The van der Waals surface area contributed by atoms with E-state index in [-0.39, 0.29) is 10.9 Å². The highest BCUT2D eigenvalue weighted by molar-refractivity contribution is 6.37. The zero-order chi connectivity index (χ0) is 22.8. The van der Waals surface area contributed by atoms with Crippen LogP contribution < -0.4 is 10.1 Å². The van der Waals surface area contributed by atoms with E-state index in [9.17, 15) is 4.79 Å². The molecule has 2 aromatic heterocycles. The number of hydrogen-bond acceptors (Lipinski definition) is 5. The minimum Gasteiger partial charge on any atom is -0.439 e. The van der Waals surface area contributed by atoms with E-state index in [0.717, 1.165) is 11.4 Å². The van der Waals surface area contributed by atoms with Gasteiger partial charge in [-0.25, -0.2) is 9.97 Å². The third-order valence-corrected chi connectivity index (χ3v) is 5.36. The molecule has 0 radical (unpaired) electrons. The van der Waals surface area contributed by atoms with Crippen LogP contribution >= 0.6 is 23.2 Å². The first-order chi connectivity index (χ1) is 15.3. The molecule has 2 heterocycles. The highest BCUT2D eigenvalue weighted by atomic mass is 35.5. The Morgan fingerprint density at radius 1 is 1.00 bits per heavy atom. The van der Waals surface area contributed by atoms with E-state index < -0.39 is 0 Å². The molecule has 0 aliphatic heterocycles. The lowest BCUT2D eigenvalue weighted by Crippen LogP contribution is -2.12. The summed E-state index contributed by atoms with van der Waals surface area (Å²) in [6.07, 6.45) is 1.72. The second-order valence-corrected chi connectivity index (χ2v) is 7.95. The van der Waals surface area contributed by atoms with Crippen LogP contribution in [0, 0.1) is 20.8 Å². The quantitative estimate of drug-likeness (QED) is 0.392. The fourth-order valence-corrected chi connectivity index (χ4v) is 3.52. The summed E-state index contributed by atoms with van der Waals surface area (Å²) in [5.41, 5.74) is 2.86. The SMILES string of the molecule is Cc1nc(Oc2ccc(NC(=O)c3ccc(Cl)cc3Cl)cc2)cc(-n2cnc(C)c2C)n1. The van der Waals surface area contributed by atoms with Crippen LogP contribution in [0.5, 0.6) is 11.6 Å². The van der Waals surface area contributed by atoms with Gasteiger partial charge in [0.05, 0.1) is 16.3 Å². The number of halogens is 2. The third-order valence-electron chi connectivity index (χ3n) is 4.81. The second-order valence-electron chi connectivity index (χ2n) is 7.10. The fourth-order valence-electron chi connectivity index (χ4n) is 3.03. The summed E-state index contributed by atoms with van der Waals surface area (Å²) in [7, 11) is 0. The van der Waals surface area contributed by atoms with Crippen molar-refractivity contribution in [2.24, 2.45) is 0 Å². The number of anilines is 1. The lowest BCUT2D eigenvalue weighted by Gasteiger charge is -2.11. The summed E-state index contributed by atoms with van der Waals surface area (Å²) in [6, 6.07) is 13.4. The summed E-state index contributed by atoms with van der Waals surface area (Å²) in [4.78, 5) is 25.6. The molecule has 0 atom stereocenters. The topological polar surface area (TPSA) is 81.9 Å². The molecule has 0 saturated heterocycles. The first-order valence-corrected chi connectivity index (χ1v) is 10.5. The molecule has 162 valence electrons. The molecule has 0 saturated carbocycles. The van der Waals surface area contributed by atoms with Gasteiger partial charge in [0.2, 0.25) is 5.88 Å². The van der Waals surface area contributed by atoms with E-state index >= 15 is 0 Å². The van der Waals surface area contributed by atoms with Gasteiger partial charge in [0.1, 0.15) is 23.7 Å². The summed E-state index contributed by atoms with van der Waals surface area (Å²) < 4.78 is 7.80. The maximum absolute atomic E-state index is 12.5. The van der Waals surface area contributed by atoms with Gasteiger partial charge in [-0.05, 0) is 63.2 Å². The van der Waals surface area contributed by atoms with E-state index in [4.69, 9.17) is 27.9 Å². The molecular weight excluding hydrogens is 449 g/mol. The maximum Gasteiger partial charge on any atom is 0.257 e. The Hall–Kier alpha value is -3.42. The average molecular weight is 468 g/mol. The van der Waals surface area contributed by atoms with Crippen molar-refractivity contribution in [1.82, 2.24) is 19.5 Å². The fraction of sp³-hybridized carbons (Fsp3) is 0.130. The van der Waals surface area contributed by atoms with Crippen LogP contribution in [0.15, 0.2) is 54.9 Å². The molecule has 0 fully saturated rings. The number of ether oxygens (including phenoxy) is 1. The van der Waals surface area contributed by atoms with Gasteiger partial charge in [-0.1, -0.05) is 23.2 Å². The summed E-state index contributed by atoms with van der Waals surface area (Å²) in [6.45, 7) is 5.72. The van der Waals surface area contributed by atoms with Gasteiger partial charge < -0.3 is 10.1 Å². The van der Waals surface area contributed by atoms with Crippen LogP contribution in [0.3, 0.4) is 0 Å². The van der Waals surface area contributed by atoms with Gasteiger partial charge >= 0.3 is 0 Å². The van der Waals surface area contributed by atoms with Crippen molar-refractivity contribution >= 4 is 34.8 Å². The summed E-state index contributed by atoms with van der Waals surface area (Å²) in [5.74, 6) is 1.89. The highest BCUT2D eigenvalue weighted by Gasteiger charge is 2.12. The molecule has 1 amide bonds. The van der Waals surface area contributed by atoms with Gasteiger partial charge in [0.15, 0.2) is 0 Å². The molecular formula is C23H19Cl2N5O2. The Balaban J connectivity index is 1.49. The third kappa shape index (κ3) is 4.74. The number of carbonyl (C=O) groups is 1. The number of rotatable bonds is 5. The Kier molecular flexibility index (Phi) is 6.12. The minimum absolute atomic E-state index is 0.285. The highest BCUT2D eigenvalue weighted by Crippen LogP contribution is 2.25. The number of hydrogen-bond donors (Lipinski definition) is 1. The number of benzene rings is 2. The van der Waals surface area contributed by atoms with Crippen molar-refractivity contribution in [2.75, 3.05) is 5.32 Å². The molecule has 2 aromatic carbocycles. The molecule has 0 spiro atoms. The molecule has 9 heteroatoms. The van der Waals surface area contributed by atoms with E-state index in [1.807, 2.05) is 18.4 Å². The van der Waals surface area contributed by atoms with Crippen molar-refractivity contribution in [3.8, 4) is 17.4 Å². The number of aromatic nitrogens is 4. The maximum atomic E-state index is 12.5. The predicted molar refractivity (Wildman–Crippen MR) is 124 cm³/mol. The molecule has 7 nitrogen and oxygen atoms in total. The van der Waals surface area contributed by atoms with Crippen molar-refractivity contribution < 1.29 is 9.53 Å². The summed E-state index contributed by atoms with van der Waals surface area (Å²) >= 11 is 12.0. The largest absolute Gasteiger partial charge is 0.439 e. The lowest BCUT2D eigenvalue weighted by molar-refractivity contribution is 0.102. The zero-order valence-corrected chi connectivity index (χ0v) is 19.1. The van der Waals surface area contributed by atoms with Crippen molar-refractivity contribution in [3.63, 3.8) is 0 Å². The van der Waals surface area contributed by atoms with Crippen molar-refractivity contribution in [3.05, 3.63) is 87.7 Å². The molecule has 0 aliphatic carbocycles. The van der Waals surface area contributed by atoms with Crippen LogP contribution in [0.4, 0.5) is 5.69 Å². The minimum atomic E-state index is -0.331. The Morgan fingerprint density at radius 2 is 1.75 bits per heavy atom. The molecule has 0 aliphatic rings. The van der Waals surface area contributed by atoms with E-state index in [1.165, 1.54) is 6.07 Å². The monoisotopic (exact) mass is 467 g/mol. The van der Waals surface area contributed by atoms with Gasteiger partial charge in [0.25, 0.3) is 5.91 Å². The first kappa shape index (κ1) is 21.8. The summed E-state index contributed by atoms with van der Waals surface area (Å²) in [5, 5.41) is 3.55. The van der Waals surface area contributed by atoms with E-state index in [2.05, 4.69) is 20.3 Å². The van der Waals surface area contributed by atoms with Crippen LogP contribution in [-0.2, 0) is 0 Å². The smallest absolute Gasteiger partial charge is 0.257 e. The van der Waals surface area contributed by atoms with Crippen LogP contribution in [-0.4, -0.2) is 25.4 Å². The van der Waals surface area contributed by atoms with Crippen LogP contribution in [0.25, 0.3) is 5.82 Å². The van der Waals surface area contributed by atoms with Crippen LogP contribution in [0.1, 0.15) is 27.6 Å².